The Labute approximate surface area is 195 Å². The van der Waals surface area contributed by atoms with Crippen molar-refractivity contribution in [2.24, 2.45) is 17.6 Å². The van der Waals surface area contributed by atoms with Crippen molar-refractivity contribution in [3.8, 4) is 5.75 Å². The molecule has 0 saturated carbocycles. The first-order valence-electron chi connectivity index (χ1n) is 11.8. The van der Waals surface area contributed by atoms with Crippen molar-refractivity contribution in [3.63, 3.8) is 0 Å². The monoisotopic (exact) mass is 459 g/mol. The van der Waals surface area contributed by atoms with Crippen LogP contribution in [0.5, 0.6) is 5.75 Å². The zero-order valence-corrected chi connectivity index (χ0v) is 19.8. The van der Waals surface area contributed by atoms with Crippen LogP contribution in [0.3, 0.4) is 0 Å². The van der Waals surface area contributed by atoms with Crippen LogP contribution in [0, 0.1) is 11.8 Å². The summed E-state index contributed by atoms with van der Waals surface area (Å²) in [6, 6.07) is 5.48. The molecule has 2 bridgehead atoms. The molecule has 5 N–H and O–H groups in total. The quantitative estimate of drug-likeness (QED) is 0.404. The number of nitrogens with two attached hydrogens (primary N) is 1. The molecule has 2 amide bonds. The number of carbonyl (C=O) groups is 2. The molecule has 182 valence electrons. The van der Waals surface area contributed by atoms with Crippen LogP contribution in [0.15, 0.2) is 30.4 Å². The van der Waals surface area contributed by atoms with Crippen LogP contribution in [-0.4, -0.2) is 49.3 Å². The minimum absolute atomic E-state index is 0.0135. The Balaban J connectivity index is 1.85. The number of primary amides is 1. The van der Waals surface area contributed by atoms with Gasteiger partial charge in [0.1, 0.15) is 11.7 Å². The SMILES string of the molecule is COc1ccc2c(c1)[C@@H]1C[C@H]2OC/C=C/CC[C@@H](C(N)=O)C(=O)N[C@@H](CC(C)C)[C@H](O)CN1. The maximum Gasteiger partial charge on any atom is 0.232 e. The first kappa shape index (κ1) is 25.2. The molecular weight excluding hydrogens is 422 g/mol. The van der Waals surface area contributed by atoms with Gasteiger partial charge in [-0.25, -0.2) is 0 Å². The summed E-state index contributed by atoms with van der Waals surface area (Å²) in [6.07, 6.45) is 5.11. The molecule has 0 unspecified atom stereocenters. The Bertz CT molecular complexity index is 856. The van der Waals surface area contributed by atoms with Gasteiger partial charge >= 0.3 is 0 Å². The highest BCUT2D eigenvalue weighted by molar-refractivity contribution is 5.99. The first-order chi connectivity index (χ1) is 15.8. The lowest BCUT2D eigenvalue weighted by Crippen LogP contribution is -2.51. The van der Waals surface area contributed by atoms with Crippen molar-refractivity contribution >= 4 is 11.8 Å². The number of hydrogen-bond donors (Lipinski definition) is 4. The van der Waals surface area contributed by atoms with E-state index in [4.69, 9.17) is 15.2 Å². The van der Waals surface area contributed by atoms with Gasteiger partial charge in [-0.2, -0.15) is 0 Å². The van der Waals surface area contributed by atoms with Gasteiger partial charge in [0.05, 0.1) is 32.0 Å². The first-order valence-corrected chi connectivity index (χ1v) is 11.8. The maximum absolute atomic E-state index is 12.8. The van der Waals surface area contributed by atoms with E-state index < -0.39 is 29.9 Å². The topological polar surface area (TPSA) is 123 Å². The number of nitrogens with one attached hydrogen (secondary N) is 2. The molecule has 0 spiro atoms. The van der Waals surface area contributed by atoms with Crippen LogP contribution in [0.1, 0.15) is 62.8 Å². The third-order valence-corrected chi connectivity index (χ3v) is 6.40. The molecule has 1 aromatic rings. The van der Waals surface area contributed by atoms with Gasteiger partial charge in [0.15, 0.2) is 0 Å². The largest absolute Gasteiger partial charge is 0.497 e. The van der Waals surface area contributed by atoms with E-state index in [0.717, 1.165) is 23.3 Å². The second-order valence-electron chi connectivity index (χ2n) is 9.33. The van der Waals surface area contributed by atoms with Crippen molar-refractivity contribution in [2.75, 3.05) is 20.3 Å². The van der Waals surface area contributed by atoms with Crippen molar-refractivity contribution in [2.45, 2.75) is 63.8 Å². The fourth-order valence-electron chi connectivity index (χ4n) is 4.63. The van der Waals surface area contributed by atoms with Gasteiger partial charge < -0.3 is 30.9 Å². The number of amides is 2. The molecule has 1 aromatic carbocycles. The second kappa shape index (κ2) is 11.6. The Kier molecular flexibility index (Phi) is 8.88. The smallest absolute Gasteiger partial charge is 0.232 e. The second-order valence-corrected chi connectivity index (χ2v) is 9.33. The van der Waals surface area contributed by atoms with Crippen LogP contribution >= 0.6 is 0 Å². The number of ether oxygens (including phenoxy) is 2. The average Bonchev–Trinajstić information content (AvgIpc) is 3.11. The number of fused-ring (bicyclic) bond motifs is 5. The Morgan fingerprint density at radius 1 is 1.30 bits per heavy atom. The van der Waals surface area contributed by atoms with E-state index in [1.165, 1.54) is 0 Å². The number of methoxy groups -OCH3 is 1. The van der Waals surface area contributed by atoms with E-state index in [-0.39, 0.29) is 24.6 Å². The molecular formula is C25H37N3O5. The molecule has 5 atom stereocenters. The van der Waals surface area contributed by atoms with Crippen molar-refractivity contribution in [1.29, 1.82) is 0 Å². The lowest BCUT2D eigenvalue weighted by atomic mass is 9.96. The Morgan fingerprint density at radius 3 is 2.79 bits per heavy atom. The minimum atomic E-state index is -0.939. The molecule has 8 nitrogen and oxygen atoms in total. The summed E-state index contributed by atoms with van der Waals surface area (Å²) in [4.78, 5) is 24.8. The molecule has 1 aliphatic carbocycles. The summed E-state index contributed by atoms with van der Waals surface area (Å²) < 4.78 is 11.5. The summed E-state index contributed by atoms with van der Waals surface area (Å²) in [5, 5.41) is 17.3. The fraction of sp³-hybridized carbons (Fsp3) is 0.600. The van der Waals surface area contributed by atoms with Crippen molar-refractivity contribution < 1.29 is 24.2 Å². The number of rotatable bonds is 4. The van der Waals surface area contributed by atoms with Gasteiger partial charge in [-0.05, 0) is 54.9 Å². The Morgan fingerprint density at radius 2 is 2.09 bits per heavy atom. The zero-order valence-electron chi connectivity index (χ0n) is 19.8. The van der Waals surface area contributed by atoms with Crippen LogP contribution in [-0.2, 0) is 14.3 Å². The van der Waals surface area contributed by atoms with Gasteiger partial charge in [0, 0.05) is 12.6 Å². The number of aliphatic hydroxyl groups is 1. The van der Waals surface area contributed by atoms with Gasteiger partial charge in [-0.1, -0.05) is 32.1 Å². The highest BCUT2D eigenvalue weighted by Gasteiger charge is 2.34. The summed E-state index contributed by atoms with van der Waals surface area (Å²) >= 11 is 0. The van der Waals surface area contributed by atoms with Crippen molar-refractivity contribution in [1.82, 2.24) is 10.6 Å². The van der Waals surface area contributed by atoms with Crippen LogP contribution in [0.25, 0.3) is 0 Å². The molecule has 0 fully saturated rings. The molecule has 8 heteroatoms. The molecule has 1 aliphatic heterocycles. The highest BCUT2D eigenvalue weighted by atomic mass is 16.5. The third-order valence-electron chi connectivity index (χ3n) is 6.40. The number of aliphatic hydroxyl groups excluding tert-OH is 1. The van der Waals surface area contributed by atoms with Gasteiger partial charge in [-0.3, -0.25) is 9.59 Å². The molecule has 2 aliphatic rings. The Hall–Kier alpha value is -2.42. The van der Waals surface area contributed by atoms with Gasteiger partial charge in [-0.15, -0.1) is 0 Å². The van der Waals surface area contributed by atoms with Crippen LogP contribution in [0.2, 0.25) is 0 Å². The van der Waals surface area contributed by atoms with E-state index in [1.807, 2.05) is 44.2 Å². The van der Waals surface area contributed by atoms with E-state index in [2.05, 4.69) is 10.6 Å². The van der Waals surface area contributed by atoms with E-state index in [9.17, 15) is 14.7 Å². The normalized spacial score (nSPS) is 29.8. The molecule has 0 saturated heterocycles. The zero-order chi connectivity index (χ0) is 24.0. The van der Waals surface area contributed by atoms with Crippen molar-refractivity contribution in [3.05, 3.63) is 41.5 Å². The van der Waals surface area contributed by atoms with Gasteiger partial charge in [0.25, 0.3) is 0 Å². The van der Waals surface area contributed by atoms with E-state index >= 15 is 0 Å². The summed E-state index contributed by atoms with van der Waals surface area (Å²) in [5.41, 5.74) is 7.71. The minimum Gasteiger partial charge on any atom is -0.497 e. The number of carbonyl (C=O) groups excluding carboxylic acids is 2. The number of β-amino-alcohol motifs (C(OH)–C–C–N with tert-alkyl or cyclic N) is 1. The summed E-state index contributed by atoms with van der Waals surface area (Å²) in [6.45, 7) is 4.77. The molecule has 0 aromatic heterocycles. The molecule has 1 heterocycles. The lowest BCUT2D eigenvalue weighted by Gasteiger charge is -2.28. The van der Waals surface area contributed by atoms with Crippen LogP contribution < -0.4 is 21.1 Å². The third kappa shape index (κ3) is 6.56. The fourth-order valence-corrected chi connectivity index (χ4v) is 4.63. The number of benzene rings is 1. The predicted octanol–water partition coefficient (Wildman–Crippen LogP) is 2.13. The van der Waals surface area contributed by atoms with Crippen LogP contribution in [0.4, 0.5) is 0 Å². The maximum atomic E-state index is 12.8. The summed E-state index contributed by atoms with van der Waals surface area (Å²) in [7, 11) is 1.64. The summed E-state index contributed by atoms with van der Waals surface area (Å²) in [5.74, 6) is -1.00. The number of allylic oxidation sites excluding steroid dienone is 1. The van der Waals surface area contributed by atoms with Gasteiger partial charge in [0.2, 0.25) is 11.8 Å². The lowest BCUT2D eigenvalue weighted by molar-refractivity contribution is -0.134. The predicted molar refractivity (Wildman–Crippen MR) is 125 cm³/mol. The standard InChI is InChI=1S/C25H37N3O5/c1-15(2)11-21-22(29)14-27-20-13-23(17-9-8-16(32-3)12-19(17)20)33-10-6-4-5-7-18(24(26)30)25(31)28-21/h4,6,8-9,12,15,18,20-23,27,29H,5,7,10-11,13-14H2,1-3H3,(H2,26,30)(H,28,31)/b6-4+/t18-,20-,21-,22+,23+/m0/s1. The van der Waals surface area contributed by atoms with E-state index in [1.54, 1.807) is 7.11 Å². The molecule has 33 heavy (non-hydrogen) atoms. The highest BCUT2D eigenvalue weighted by Crippen LogP contribution is 2.42. The molecule has 3 rings (SSSR count). The molecule has 0 radical (unpaired) electrons. The number of hydrogen-bond acceptors (Lipinski definition) is 6. The van der Waals surface area contributed by atoms with E-state index in [0.29, 0.717) is 25.9 Å². The average molecular weight is 460 g/mol.